The first-order chi connectivity index (χ1) is 13.9. The van der Waals surface area contributed by atoms with E-state index in [0.29, 0.717) is 40.5 Å². The van der Waals surface area contributed by atoms with Crippen molar-refractivity contribution in [1.82, 2.24) is 9.66 Å². The SMILES string of the molecule is CCCCc1nc2ccc(Br)cc2c(=O)n1N=Cc1cc(Cl)c(OCC)c(Br)c1. The number of unbranched alkanes of at least 4 members (excludes halogenated alkanes) is 1. The number of rotatable bonds is 7. The number of aryl methyl sites for hydroxylation is 1. The minimum absolute atomic E-state index is 0.199. The molecule has 0 fully saturated rings. The number of hydrogen-bond acceptors (Lipinski definition) is 4. The van der Waals surface area contributed by atoms with Gasteiger partial charge in [-0.3, -0.25) is 4.79 Å². The Bertz CT molecular complexity index is 1110. The van der Waals surface area contributed by atoms with Crippen molar-refractivity contribution in [2.45, 2.75) is 33.1 Å². The van der Waals surface area contributed by atoms with Gasteiger partial charge in [-0.05, 0) is 65.2 Å². The third kappa shape index (κ3) is 5.08. The van der Waals surface area contributed by atoms with Gasteiger partial charge in [-0.25, -0.2) is 4.98 Å². The average molecular weight is 542 g/mol. The van der Waals surface area contributed by atoms with Crippen molar-refractivity contribution >= 4 is 60.6 Å². The maximum absolute atomic E-state index is 13.1. The highest BCUT2D eigenvalue weighted by Gasteiger charge is 2.12. The molecule has 0 aliphatic carbocycles. The number of aromatic nitrogens is 2. The van der Waals surface area contributed by atoms with Gasteiger partial charge in [-0.15, -0.1) is 0 Å². The molecule has 0 saturated carbocycles. The summed E-state index contributed by atoms with van der Waals surface area (Å²) in [5, 5.41) is 5.44. The molecule has 0 radical (unpaired) electrons. The first kappa shape index (κ1) is 22.0. The van der Waals surface area contributed by atoms with Gasteiger partial charge in [0.25, 0.3) is 5.56 Å². The van der Waals surface area contributed by atoms with Crippen LogP contribution in [0.1, 0.15) is 38.1 Å². The van der Waals surface area contributed by atoms with Crippen LogP contribution in [0.3, 0.4) is 0 Å². The van der Waals surface area contributed by atoms with Crippen LogP contribution in [0, 0.1) is 0 Å². The van der Waals surface area contributed by atoms with Crippen LogP contribution < -0.4 is 10.3 Å². The topological polar surface area (TPSA) is 56.5 Å². The maximum Gasteiger partial charge on any atom is 0.282 e. The normalized spacial score (nSPS) is 11.5. The Balaban J connectivity index is 2.08. The largest absolute Gasteiger partial charge is 0.491 e. The first-order valence-electron chi connectivity index (χ1n) is 9.32. The second kappa shape index (κ2) is 9.87. The lowest BCUT2D eigenvalue weighted by molar-refractivity contribution is 0.338. The molecule has 5 nitrogen and oxygen atoms in total. The second-order valence-corrected chi connectivity index (χ2v) is 8.58. The quantitative estimate of drug-likeness (QED) is 0.335. The zero-order chi connectivity index (χ0) is 21.0. The Hall–Kier alpha value is -1.70. The van der Waals surface area contributed by atoms with E-state index in [1.165, 1.54) is 4.68 Å². The first-order valence-corrected chi connectivity index (χ1v) is 11.3. The highest BCUT2D eigenvalue weighted by molar-refractivity contribution is 9.10. The Morgan fingerprint density at radius 1 is 1.24 bits per heavy atom. The van der Waals surface area contributed by atoms with Crippen LogP contribution in [0.2, 0.25) is 5.02 Å². The summed E-state index contributed by atoms with van der Waals surface area (Å²) >= 11 is 13.2. The fourth-order valence-corrected chi connectivity index (χ4v) is 4.22. The molecule has 0 spiro atoms. The molecule has 152 valence electrons. The number of halogens is 3. The predicted octanol–water partition coefficient (Wildman–Crippen LogP) is 6.20. The maximum atomic E-state index is 13.1. The number of fused-ring (bicyclic) bond motifs is 1. The van der Waals surface area contributed by atoms with Gasteiger partial charge < -0.3 is 4.74 Å². The van der Waals surface area contributed by atoms with E-state index in [2.05, 4.69) is 48.9 Å². The van der Waals surface area contributed by atoms with Gasteiger partial charge in [0.1, 0.15) is 5.82 Å². The molecule has 0 bridgehead atoms. The molecule has 0 aliphatic heterocycles. The Morgan fingerprint density at radius 2 is 2.03 bits per heavy atom. The van der Waals surface area contributed by atoms with Crippen molar-refractivity contribution in [1.29, 1.82) is 0 Å². The summed E-state index contributed by atoms with van der Waals surface area (Å²) in [4.78, 5) is 17.8. The van der Waals surface area contributed by atoms with Crippen LogP contribution in [0.5, 0.6) is 5.75 Å². The molecule has 1 heterocycles. The fourth-order valence-electron chi connectivity index (χ4n) is 2.87. The van der Waals surface area contributed by atoms with Crippen molar-refractivity contribution in [3.8, 4) is 5.75 Å². The molecule has 0 aliphatic rings. The van der Waals surface area contributed by atoms with Crippen LogP contribution >= 0.6 is 43.5 Å². The van der Waals surface area contributed by atoms with Crippen molar-refractivity contribution < 1.29 is 4.74 Å². The van der Waals surface area contributed by atoms with E-state index in [-0.39, 0.29) is 5.56 Å². The molecule has 0 unspecified atom stereocenters. The summed E-state index contributed by atoms with van der Waals surface area (Å²) in [6, 6.07) is 9.09. The molecule has 3 rings (SSSR count). The molecule has 0 N–H and O–H groups in total. The van der Waals surface area contributed by atoms with Crippen LogP contribution in [-0.4, -0.2) is 22.5 Å². The Kier molecular flexibility index (Phi) is 7.49. The molecular formula is C21H20Br2ClN3O2. The summed E-state index contributed by atoms with van der Waals surface area (Å²) in [7, 11) is 0. The van der Waals surface area contributed by atoms with Crippen LogP contribution in [0.15, 0.2) is 49.2 Å². The number of nitrogens with zero attached hydrogens (tertiary/aromatic N) is 3. The monoisotopic (exact) mass is 539 g/mol. The molecule has 2 aromatic carbocycles. The third-order valence-electron chi connectivity index (χ3n) is 4.26. The van der Waals surface area contributed by atoms with Gasteiger partial charge in [-0.2, -0.15) is 9.78 Å². The van der Waals surface area contributed by atoms with E-state index < -0.39 is 0 Å². The van der Waals surface area contributed by atoms with E-state index in [0.717, 1.165) is 27.4 Å². The molecule has 0 saturated heterocycles. The summed E-state index contributed by atoms with van der Waals surface area (Å²) in [5.74, 6) is 1.23. The number of benzene rings is 2. The fraction of sp³-hybridized carbons (Fsp3) is 0.286. The molecule has 0 atom stereocenters. The smallest absolute Gasteiger partial charge is 0.282 e. The lowest BCUT2D eigenvalue weighted by atomic mass is 10.2. The lowest BCUT2D eigenvalue weighted by Crippen LogP contribution is -2.22. The number of hydrogen-bond donors (Lipinski definition) is 0. The van der Waals surface area contributed by atoms with Crippen LogP contribution in [0.4, 0.5) is 0 Å². The molecule has 0 amide bonds. The lowest BCUT2D eigenvalue weighted by Gasteiger charge is -2.10. The summed E-state index contributed by atoms with van der Waals surface area (Å²) in [5.41, 5.74) is 1.21. The van der Waals surface area contributed by atoms with E-state index >= 15 is 0 Å². The van der Waals surface area contributed by atoms with Gasteiger partial charge in [0, 0.05) is 10.9 Å². The minimum Gasteiger partial charge on any atom is -0.491 e. The zero-order valence-corrected chi connectivity index (χ0v) is 20.0. The number of ether oxygens (including phenoxy) is 1. The van der Waals surface area contributed by atoms with Gasteiger partial charge in [0.05, 0.1) is 33.2 Å². The highest BCUT2D eigenvalue weighted by Crippen LogP contribution is 2.34. The van der Waals surface area contributed by atoms with Gasteiger partial charge in [0.2, 0.25) is 0 Å². The standard InChI is InChI=1S/C21H20Br2ClN3O2/c1-3-5-6-19-26-18-8-7-14(22)11-15(18)21(28)27(19)25-12-13-9-16(23)20(29-4-2)17(24)10-13/h7-12H,3-6H2,1-2H3. The molecule has 3 aromatic rings. The van der Waals surface area contributed by atoms with E-state index in [1.54, 1.807) is 18.3 Å². The highest BCUT2D eigenvalue weighted by atomic mass is 79.9. The van der Waals surface area contributed by atoms with Crippen LogP contribution in [-0.2, 0) is 6.42 Å². The van der Waals surface area contributed by atoms with Crippen LogP contribution in [0.25, 0.3) is 10.9 Å². The molecule has 8 heteroatoms. The molecule has 29 heavy (non-hydrogen) atoms. The molecule has 1 aromatic heterocycles. The minimum atomic E-state index is -0.199. The van der Waals surface area contributed by atoms with Crippen molar-refractivity contribution in [2.24, 2.45) is 5.10 Å². The third-order valence-corrected chi connectivity index (χ3v) is 5.62. The second-order valence-electron chi connectivity index (χ2n) is 6.40. The summed E-state index contributed by atoms with van der Waals surface area (Å²) < 4.78 is 8.46. The van der Waals surface area contributed by atoms with Gasteiger partial charge >= 0.3 is 0 Å². The Morgan fingerprint density at radius 3 is 2.72 bits per heavy atom. The van der Waals surface area contributed by atoms with Gasteiger partial charge in [-0.1, -0.05) is 40.9 Å². The summed E-state index contributed by atoms with van der Waals surface area (Å²) in [6.07, 6.45) is 4.20. The van der Waals surface area contributed by atoms with Crippen molar-refractivity contribution in [2.75, 3.05) is 6.61 Å². The van der Waals surface area contributed by atoms with E-state index in [9.17, 15) is 4.79 Å². The van der Waals surface area contributed by atoms with Crippen molar-refractivity contribution in [3.63, 3.8) is 0 Å². The average Bonchev–Trinajstić information content (AvgIpc) is 2.69. The zero-order valence-electron chi connectivity index (χ0n) is 16.1. The van der Waals surface area contributed by atoms with Crippen molar-refractivity contribution in [3.05, 3.63) is 66.0 Å². The van der Waals surface area contributed by atoms with E-state index in [1.807, 2.05) is 25.1 Å². The van der Waals surface area contributed by atoms with E-state index in [4.69, 9.17) is 16.3 Å². The Labute approximate surface area is 191 Å². The summed E-state index contributed by atoms with van der Waals surface area (Å²) in [6.45, 7) is 4.51. The molecular weight excluding hydrogens is 522 g/mol. The predicted molar refractivity (Wildman–Crippen MR) is 126 cm³/mol. The van der Waals surface area contributed by atoms with Gasteiger partial charge in [0.15, 0.2) is 5.75 Å².